The van der Waals surface area contributed by atoms with Crippen LogP contribution < -0.4 is 5.32 Å². The van der Waals surface area contributed by atoms with Gasteiger partial charge in [-0.2, -0.15) is 0 Å². The zero-order chi connectivity index (χ0) is 17.5. The highest BCUT2D eigenvalue weighted by Gasteiger charge is 2.19. The molecule has 1 amide bonds. The standard InChI is InChI=1S/C19H25N3O3/c23-16-8-11-22(12-9-16)14-17-13-18(21-25-17)19(24)20-10-4-7-15-5-2-1-3-6-15/h1-3,5-6,13,16,23H,4,7-12,14H2,(H,20,24). The number of amides is 1. The number of carbonyl (C=O) groups is 1. The van der Waals surface area contributed by atoms with Crippen molar-refractivity contribution in [1.29, 1.82) is 0 Å². The molecule has 134 valence electrons. The average molecular weight is 343 g/mol. The average Bonchev–Trinajstić information content (AvgIpc) is 3.10. The summed E-state index contributed by atoms with van der Waals surface area (Å²) < 4.78 is 5.28. The molecular formula is C19H25N3O3. The summed E-state index contributed by atoms with van der Waals surface area (Å²) in [5.41, 5.74) is 1.60. The summed E-state index contributed by atoms with van der Waals surface area (Å²) in [5.74, 6) is 0.489. The molecule has 0 saturated carbocycles. The van der Waals surface area contributed by atoms with Crippen LogP contribution in [0.25, 0.3) is 0 Å². The van der Waals surface area contributed by atoms with Gasteiger partial charge in [0.1, 0.15) is 0 Å². The number of piperidine rings is 1. The van der Waals surface area contributed by atoms with Crippen molar-refractivity contribution in [2.45, 2.75) is 38.3 Å². The van der Waals surface area contributed by atoms with Gasteiger partial charge < -0.3 is 14.9 Å². The molecule has 0 aliphatic carbocycles. The first kappa shape index (κ1) is 17.6. The molecule has 1 aromatic heterocycles. The Bertz CT molecular complexity index is 664. The summed E-state index contributed by atoms with van der Waals surface area (Å²) in [6.45, 7) is 2.91. The van der Waals surface area contributed by atoms with Crippen molar-refractivity contribution in [3.63, 3.8) is 0 Å². The molecule has 0 unspecified atom stereocenters. The van der Waals surface area contributed by atoms with Crippen LogP contribution in [0.5, 0.6) is 0 Å². The summed E-state index contributed by atoms with van der Waals surface area (Å²) >= 11 is 0. The molecule has 1 aromatic carbocycles. The van der Waals surface area contributed by atoms with E-state index in [9.17, 15) is 9.90 Å². The van der Waals surface area contributed by atoms with Crippen LogP contribution >= 0.6 is 0 Å². The molecule has 2 aromatic rings. The summed E-state index contributed by atoms with van der Waals surface area (Å²) in [7, 11) is 0. The topological polar surface area (TPSA) is 78.6 Å². The Labute approximate surface area is 147 Å². The highest BCUT2D eigenvalue weighted by Crippen LogP contribution is 2.14. The Morgan fingerprint density at radius 3 is 2.80 bits per heavy atom. The van der Waals surface area contributed by atoms with Crippen LogP contribution in [0.3, 0.4) is 0 Å². The van der Waals surface area contributed by atoms with Crippen molar-refractivity contribution in [2.24, 2.45) is 0 Å². The number of aliphatic hydroxyl groups excluding tert-OH is 1. The second-order valence-electron chi connectivity index (χ2n) is 6.53. The van der Waals surface area contributed by atoms with Gasteiger partial charge in [0.2, 0.25) is 0 Å². The van der Waals surface area contributed by atoms with E-state index >= 15 is 0 Å². The number of likely N-dealkylation sites (tertiary alicyclic amines) is 1. The van der Waals surface area contributed by atoms with Crippen molar-refractivity contribution in [2.75, 3.05) is 19.6 Å². The number of carbonyl (C=O) groups excluding carboxylic acids is 1. The van der Waals surface area contributed by atoms with E-state index in [1.165, 1.54) is 5.56 Å². The second kappa shape index (κ2) is 8.78. The van der Waals surface area contributed by atoms with Gasteiger partial charge in [0.05, 0.1) is 12.6 Å². The highest BCUT2D eigenvalue weighted by molar-refractivity contribution is 5.92. The fourth-order valence-corrected chi connectivity index (χ4v) is 3.02. The lowest BCUT2D eigenvalue weighted by Gasteiger charge is -2.28. The van der Waals surface area contributed by atoms with E-state index < -0.39 is 0 Å². The van der Waals surface area contributed by atoms with Crippen molar-refractivity contribution in [3.8, 4) is 0 Å². The first-order valence-electron chi connectivity index (χ1n) is 8.89. The number of aliphatic hydroxyl groups is 1. The molecule has 1 saturated heterocycles. The van der Waals surface area contributed by atoms with Gasteiger partial charge in [-0.1, -0.05) is 35.5 Å². The molecule has 1 aliphatic rings. The number of hydrogen-bond acceptors (Lipinski definition) is 5. The van der Waals surface area contributed by atoms with E-state index in [2.05, 4.69) is 27.5 Å². The maximum atomic E-state index is 12.1. The zero-order valence-corrected chi connectivity index (χ0v) is 14.4. The third-order valence-electron chi connectivity index (χ3n) is 4.50. The Kier molecular flexibility index (Phi) is 6.19. The third-order valence-corrected chi connectivity index (χ3v) is 4.50. The zero-order valence-electron chi connectivity index (χ0n) is 14.4. The van der Waals surface area contributed by atoms with Gasteiger partial charge in [-0.05, 0) is 31.2 Å². The molecule has 3 rings (SSSR count). The van der Waals surface area contributed by atoms with Crippen LogP contribution in [0.2, 0.25) is 0 Å². The quantitative estimate of drug-likeness (QED) is 0.752. The number of benzene rings is 1. The van der Waals surface area contributed by atoms with Crippen LogP contribution in [-0.4, -0.2) is 46.8 Å². The summed E-state index contributed by atoms with van der Waals surface area (Å²) in [6, 6.07) is 11.9. The van der Waals surface area contributed by atoms with Crippen LogP contribution in [0.15, 0.2) is 40.9 Å². The summed E-state index contributed by atoms with van der Waals surface area (Å²) in [6.07, 6.45) is 3.19. The third kappa shape index (κ3) is 5.41. The molecular weight excluding hydrogens is 318 g/mol. The Morgan fingerprint density at radius 2 is 2.04 bits per heavy atom. The fourth-order valence-electron chi connectivity index (χ4n) is 3.02. The minimum atomic E-state index is -0.197. The van der Waals surface area contributed by atoms with Crippen molar-refractivity contribution in [3.05, 3.63) is 53.4 Å². The molecule has 2 N–H and O–H groups in total. The maximum absolute atomic E-state index is 12.1. The second-order valence-corrected chi connectivity index (χ2v) is 6.53. The highest BCUT2D eigenvalue weighted by atomic mass is 16.5. The molecule has 0 bridgehead atoms. The fraction of sp³-hybridized carbons (Fsp3) is 0.474. The van der Waals surface area contributed by atoms with Gasteiger partial charge in [-0.15, -0.1) is 0 Å². The number of hydrogen-bond donors (Lipinski definition) is 2. The van der Waals surface area contributed by atoms with E-state index in [-0.39, 0.29) is 12.0 Å². The predicted octanol–water partition coefficient (Wildman–Crippen LogP) is 1.99. The van der Waals surface area contributed by atoms with Gasteiger partial charge in [-0.3, -0.25) is 9.69 Å². The molecule has 6 heteroatoms. The first-order chi connectivity index (χ1) is 12.2. The lowest BCUT2D eigenvalue weighted by Crippen LogP contribution is -2.35. The maximum Gasteiger partial charge on any atom is 0.273 e. The van der Waals surface area contributed by atoms with E-state index in [4.69, 9.17) is 4.52 Å². The monoisotopic (exact) mass is 343 g/mol. The molecule has 1 fully saturated rings. The number of aromatic nitrogens is 1. The van der Waals surface area contributed by atoms with E-state index in [1.54, 1.807) is 6.07 Å². The SMILES string of the molecule is O=C(NCCCc1ccccc1)c1cc(CN2CCC(O)CC2)on1. The minimum Gasteiger partial charge on any atom is -0.393 e. The summed E-state index contributed by atoms with van der Waals surface area (Å²) in [5, 5.41) is 16.3. The Hall–Kier alpha value is -2.18. The van der Waals surface area contributed by atoms with E-state index in [0.29, 0.717) is 24.5 Å². The van der Waals surface area contributed by atoms with Crippen LogP contribution in [-0.2, 0) is 13.0 Å². The predicted molar refractivity (Wildman–Crippen MR) is 94.1 cm³/mol. The molecule has 25 heavy (non-hydrogen) atoms. The van der Waals surface area contributed by atoms with Crippen LogP contribution in [0.1, 0.15) is 41.1 Å². The van der Waals surface area contributed by atoms with Crippen LogP contribution in [0, 0.1) is 0 Å². The Balaban J connectivity index is 1.40. The molecule has 0 atom stereocenters. The van der Waals surface area contributed by atoms with E-state index in [0.717, 1.165) is 38.8 Å². The van der Waals surface area contributed by atoms with Gasteiger partial charge in [-0.25, -0.2) is 0 Å². The van der Waals surface area contributed by atoms with Crippen molar-refractivity contribution in [1.82, 2.24) is 15.4 Å². The Morgan fingerprint density at radius 1 is 1.28 bits per heavy atom. The van der Waals surface area contributed by atoms with Crippen LogP contribution in [0.4, 0.5) is 0 Å². The normalized spacial score (nSPS) is 16.0. The molecule has 6 nitrogen and oxygen atoms in total. The number of nitrogens with zero attached hydrogens (tertiary/aromatic N) is 2. The minimum absolute atomic E-state index is 0.191. The number of rotatable bonds is 7. The molecule has 2 heterocycles. The number of aryl methyl sites for hydroxylation is 1. The molecule has 0 spiro atoms. The lowest BCUT2D eigenvalue weighted by molar-refractivity contribution is 0.0748. The summed E-state index contributed by atoms with van der Waals surface area (Å²) in [4.78, 5) is 14.3. The van der Waals surface area contributed by atoms with Crippen molar-refractivity contribution < 1.29 is 14.4 Å². The van der Waals surface area contributed by atoms with Gasteiger partial charge in [0.15, 0.2) is 11.5 Å². The molecule has 0 radical (unpaired) electrons. The van der Waals surface area contributed by atoms with Gasteiger partial charge >= 0.3 is 0 Å². The number of nitrogens with one attached hydrogen (secondary N) is 1. The lowest BCUT2D eigenvalue weighted by atomic mass is 10.1. The largest absolute Gasteiger partial charge is 0.393 e. The van der Waals surface area contributed by atoms with E-state index in [1.807, 2.05) is 18.2 Å². The smallest absolute Gasteiger partial charge is 0.273 e. The van der Waals surface area contributed by atoms with Crippen molar-refractivity contribution >= 4 is 5.91 Å². The first-order valence-corrected chi connectivity index (χ1v) is 8.89. The van der Waals surface area contributed by atoms with Gasteiger partial charge in [0, 0.05) is 25.7 Å². The molecule has 1 aliphatic heterocycles. The van der Waals surface area contributed by atoms with Gasteiger partial charge in [0.25, 0.3) is 5.91 Å².